The van der Waals surface area contributed by atoms with Crippen LogP contribution in [0.15, 0.2) is 65.4 Å². The van der Waals surface area contributed by atoms with E-state index >= 15 is 0 Å². The summed E-state index contributed by atoms with van der Waals surface area (Å²) in [6.07, 6.45) is 3.42. The van der Waals surface area contributed by atoms with Crippen LogP contribution in [0.2, 0.25) is 5.02 Å². The first-order chi connectivity index (χ1) is 14.6. The van der Waals surface area contributed by atoms with Gasteiger partial charge in [0.1, 0.15) is 11.3 Å². The average molecular weight is 418 g/mol. The second kappa shape index (κ2) is 7.27. The van der Waals surface area contributed by atoms with Crippen molar-refractivity contribution in [1.82, 2.24) is 24.7 Å². The van der Waals surface area contributed by atoms with Crippen LogP contribution in [0, 0.1) is 6.92 Å². The van der Waals surface area contributed by atoms with Crippen LogP contribution in [0.4, 0.5) is 0 Å². The molecule has 5 aromatic rings. The van der Waals surface area contributed by atoms with E-state index in [1.54, 1.807) is 42.2 Å². The summed E-state index contributed by atoms with van der Waals surface area (Å²) in [5.41, 5.74) is 5.06. The molecule has 2 aromatic carbocycles. The van der Waals surface area contributed by atoms with Gasteiger partial charge in [-0.1, -0.05) is 46.6 Å². The average Bonchev–Trinajstić information content (AvgIpc) is 3.41. The summed E-state index contributed by atoms with van der Waals surface area (Å²) in [7, 11) is 1.58. The number of aryl methyl sites for hydroxylation is 1. The fourth-order valence-corrected chi connectivity index (χ4v) is 3.45. The lowest BCUT2D eigenvalue weighted by Crippen LogP contribution is -1.95. The molecular formula is C22H16ClN5O2. The lowest BCUT2D eigenvalue weighted by molar-refractivity contribution is 0.413. The molecule has 3 aromatic heterocycles. The van der Waals surface area contributed by atoms with E-state index in [1.165, 1.54) is 5.56 Å². The Bertz CT molecular complexity index is 1360. The number of hydrogen-bond acceptors (Lipinski definition) is 6. The molecule has 5 rings (SSSR count). The third-order valence-electron chi connectivity index (χ3n) is 4.81. The number of fused-ring (bicyclic) bond motifs is 1. The highest BCUT2D eigenvalue weighted by atomic mass is 35.5. The second-order valence-corrected chi connectivity index (χ2v) is 7.19. The molecule has 0 fully saturated rings. The molecule has 8 heteroatoms. The molecular weight excluding hydrogens is 402 g/mol. The molecule has 148 valence electrons. The first-order valence-electron chi connectivity index (χ1n) is 9.22. The first kappa shape index (κ1) is 18.3. The van der Waals surface area contributed by atoms with Gasteiger partial charge in [0.2, 0.25) is 5.82 Å². The normalized spacial score (nSPS) is 11.2. The minimum atomic E-state index is 0.315. The van der Waals surface area contributed by atoms with E-state index in [-0.39, 0.29) is 0 Å². The molecule has 0 saturated heterocycles. The maximum atomic E-state index is 6.13. The lowest BCUT2D eigenvalue weighted by Gasteiger charge is -2.05. The first-order valence-corrected chi connectivity index (χ1v) is 9.59. The highest BCUT2D eigenvalue weighted by molar-refractivity contribution is 6.30. The van der Waals surface area contributed by atoms with Crippen LogP contribution in [-0.4, -0.2) is 31.8 Å². The molecule has 30 heavy (non-hydrogen) atoms. The number of aromatic nitrogens is 5. The predicted molar refractivity (Wildman–Crippen MR) is 113 cm³/mol. The van der Waals surface area contributed by atoms with Crippen LogP contribution in [0.5, 0.6) is 5.75 Å². The van der Waals surface area contributed by atoms with Crippen LogP contribution < -0.4 is 4.74 Å². The van der Waals surface area contributed by atoms with Gasteiger partial charge in [0.05, 0.1) is 24.6 Å². The van der Waals surface area contributed by atoms with Gasteiger partial charge in [0.15, 0.2) is 5.65 Å². The topological polar surface area (TPSA) is 78.3 Å². The van der Waals surface area contributed by atoms with Crippen molar-refractivity contribution >= 4 is 17.2 Å². The maximum absolute atomic E-state index is 6.13. The van der Waals surface area contributed by atoms with Crippen molar-refractivity contribution in [2.24, 2.45) is 0 Å². The zero-order chi connectivity index (χ0) is 20.7. The highest BCUT2D eigenvalue weighted by Gasteiger charge is 2.19. The Morgan fingerprint density at radius 3 is 2.67 bits per heavy atom. The van der Waals surface area contributed by atoms with E-state index in [9.17, 15) is 0 Å². The molecule has 0 saturated carbocycles. The molecule has 0 spiro atoms. The van der Waals surface area contributed by atoms with Crippen molar-refractivity contribution in [3.63, 3.8) is 0 Å². The lowest BCUT2D eigenvalue weighted by atomic mass is 10.1. The Labute approximate surface area is 176 Å². The second-order valence-electron chi connectivity index (χ2n) is 6.76. The van der Waals surface area contributed by atoms with E-state index in [0.717, 1.165) is 11.3 Å². The summed E-state index contributed by atoms with van der Waals surface area (Å²) in [6, 6.07) is 15.4. The Morgan fingerprint density at radius 1 is 1.03 bits per heavy atom. The van der Waals surface area contributed by atoms with Gasteiger partial charge in [-0.25, -0.2) is 9.50 Å². The quantitative estimate of drug-likeness (QED) is 0.405. The number of benzene rings is 2. The van der Waals surface area contributed by atoms with Gasteiger partial charge in [0.25, 0.3) is 5.89 Å². The van der Waals surface area contributed by atoms with Crippen LogP contribution in [-0.2, 0) is 0 Å². The summed E-state index contributed by atoms with van der Waals surface area (Å²) < 4.78 is 12.7. The SMILES string of the molecule is COc1ccc(Cl)cc1-c1noc(-c2cnn3c(-c4ccc(C)cc4)ccnc23)n1. The minimum Gasteiger partial charge on any atom is -0.496 e. The van der Waals surface area contributed by atoms with Crippen molar-refractivity contribution in [3.05, 3.63) is 71.5 Å². The molecule has 0 aliphatic rings. The molecule has 0 atom stereocenters. The predicted octanol–water partition coefficient (Wildman–Crippen LogP) is 5.08. The van der Waals surface area contributed by atoms with Gasteiger partial charge in [-0.2, -0.15) is 10.1 Å². The van der Waals surface area contributed by atoms with Crippen molar-refractivity contribution in [1.29, 1.82) is 0 Å². The summed E-state index contributed by atoms with van der Waals surface area (Å²) in [6.45, 7) is 2.06. The van der Waals surface area contributed by atoms with Gasteiger partial charge in [-0.3, -0.25) is 0 Å². The number of halogens is 1. The zero-order valence-electron chi connectivity index (χ0n) is 16.2. The molecule has 0 N–H and O–H groups in total. The molecule has 0 unspecified atom stereocenters. The zero-order valence-corrected chi connectivity index (χ0v) is 17.0. The molecule has 0 aliphatic carbocycles. The summed E-state index contributed by atoms with van der Waals surface area (Å²) in [5, 5.41) is 9.16. The minimum absolute atomic E-state index is 0.315. The number of nitrogens with zero attached hydrogens (tertiary/aromatic N) is 5. The fraction of sp³-hybridized carbons (Fsp3) is 0.0909. The molecule has 3 heterocycles. The van der Waals surface area contributed by atoms with Crippen molar-refractivity contribution < 1.29 is 9.26 Å². The van der Waals surface area contributed by atoms with Crippen LogP contribution in [0.3, 0.4) is 0 Å². The smallest absolute Gasteiger partial charge is 0.263 e. The summed E-state index contributed by atoms with van der Waals surface area (Å²) in [5.74, 6) is 1.29. The Balaban J connectivity index is 1.60. The van der Waals surface area contributed by atoms with Gasteiger partial charge in [0, 0.05) is 16.8 Å². The van der Waals surface area contributed by atoms with E-state index < -0.39 is 0 Å². The fourth-order valence-electron chi connectivity index (χ4n) is 3.28. The van der Waals surface area contributed by atoms with Gasteiger partial charge in [-0.15, -0.1) is 0 Å². The third-order valence-corrected chi connectivity index (χ3v) is 5.04. The highest BCUT2D eigenvalue weighted by Crippen LogP contribution is 2.33. The maximum Gasteiger partial charge on any atom is 0.263 e. The summed E-state index contributed by atoms with van der Waals surface area (Å²) in [4.78, 5) is 9.01. The van der Waals surface area contributed by atoms with Gasteiger partial charge >= 0.3 is 0 Å². The van der Waals surface area contributed by atoms with Gasteiger partial charge < -0.3 is 9.26 Å². The number of hydrogen-bond donors (Lipinski definition) is 0. The molecule has 0 bridgehead atoms. The monoisotopic (exact) mass is 417 g/mol. The van der Waals surface area contributed by atoms with Gasteiger partial charge in [-0.05, 0) is 31.2 Å². The van der Waals surface area contributed by atoms with Crippen molar-refractivity contribution in [2.45, 2.75) is 6.92 Å². The Hall–Kier alpha value is -3.71. The number of ether oxygens (including phenoxy) is 1. The van der Waals surface area contributed by atoms with Crippen LogP contribution in [0.25, 0.3) is 39.7 Å². The van der Waals surface area contributed by atoms with E-state index in [4.69, 9.17) is 20.9 Å². The number of rotatable bonds is 4. The standard InChI is InChI=1S/C22H16ClN5O2/c1-13-3-5-14(6-4-13)18-9-10-24-21-17(12-25-28(18)21)22-26-20(27-30-22)16-11-15(23)7-8-19(16)29-2/h3-12H,1-2H3. The molecule has 0 radical (unpaired) electrons. The molecule has 0 amide bonds. The van der Waals surface area contributed by atoms with Crippen LogP contribution in [0.1, 0.15) is 5.56 Å². The Morgan fingerprint density at radius 2 is 1.87 bits per heavy atom. The molecule has 0 aliphatic heterocycles. The molecule has 7 nitrogen and oxygen atoms in total. The van der Waals surface area contributed by atoms with Crippen molar-refractivity contribution in [2.75, 3.05) is 7.11 Å². The van der Waals surface area contributed by atoms with E-state index in [2.05, 4.69) is 51.4 Å². The third kappa shape index (κ3) is 3.09. The van der Waals surface area contributed by atoms with Crippen molar-refractivity contribution in [3.8, 4) is 39.8 Å². The van der Waals surface area contributed by atoms with E-state index in [1.807, 2.05) is 6.07 Å². The Kier molecular flexibility index (Phi) is 4.44. The largest absolute Gasteiger partial charge is 0.496 e. The van der Waals surface area contributed by atoms with Crippen LogP contribution >= 0.6 is 11.6 Å². The number of methoxy groups -OCH3 is 1. The van der Waals surface area contributed by atoms with E-state index in [0.29, 0.717) is 39.3 Å². The summed E-state index contributed by atoms with van der Waals surface area (Å²) >= 11 is 6.13.